The molecule has 1 saturated carbocycles. The van der Waals surface area contributed by atoms with E-state index in [1.807, 2.05) is 6.92 Å². The molecular formula is C11H17N3O3S2. The normalized spacial score (nSPS) is 17.1. The van der Waals surface area contributed by atoms with Crippen molar-refractivity contribution in [3.8, 4) is 0 Å². The lowest BCUT2D eigenvalue weighted by molar-refractivity contribution is 0.315. The van der Waals surface area contributed by atoms with E-state index in [2.05, 4.69) is 5.16 Å². The van der Waals surface area contributed by atoms with Crippen molar-refractivity contribution >= 4 is 27.2 Å². The maximum absolute atomic E-state index is 12.5. The molecule has 106 valence electrons. The van der Waals surface area contributed by atoms with Crippen LogP contribution in [0, 0.1) is 6.92 Å². The first kappa shape index (κ1) is 14.3. The number of oxime groups is 1. The van der Waals surface area contributed by atoms with Gasteiger partial charge < -0.3 is 10.9 Å². The molecule has 0 aliphatic heterocycles. The summed E-state index contributed by atoms with van der Waals surface area (Å²) in [7, 11) is -3.46. The van der Waals surface area contributed by atoms with Crippen molar-refractivity contribution in [1.82, 2.24) is 4.31 Å². The molecule has 0 aromatic carbocycles. The monoisotopic (exact) mass is 303 g/mol. The number of hydrogen-bond donors (Lipinski definition) is 2. The van der Waals surface area contributed by atoms with E-state index in [0.717, 1.165) is 17.7 Å². The van der Waals surface area contributed by atoms with Gasteiger partial charge in [-0.3, -0.25) is 0 Å². The van der Waals surface area contributed by atoms with Crippen molar-refractivity contribution in [2.45, 2.75) is 36.4 Å². The van der Waals surface area contributed by atoms with Crippen LogP contribution in [0.4, 0.5) is 0 Å². The molecule has 0 spiro atoms. The van der Waals surface area contributed by atoms with E-state index in [1.54, 1.807) is 12.1 Å². The third-order valence-corrected chi connectivity index (χ3v) is 6.37. The Hall–Kier alpha value is -1.12. The lowest BCUT2D eigenvalue weighted by atomic mass is 10.4. The highest BCUT2D eigenvalue weighted by Crippen LogP contribution is 2.34. The number of aryl methyl sites for hydroxylation is 1. The molecule has 0 radical (unpaired) electrons. The lowest BCUT2D eigenvalue weighted by Gasteiger charge is -2.20. The molecule has 1 heterocycles. The molecule has 0 unspecified atom stereocenters. The average Bonchev–Trinajstić information content (AvgIpc) is 3.09. The van der Waals surface area contributed by atoms with Crippen LogP contribution in [-0.4, -0.2) is 36.4 Å². The number of rotatable bonds is 6. The first-order valence-electron chi connectivity index (χ1n) is 6.00. The summed E-state index contributed by atoms with van der Waals surface area (Å²) in [5, 5.41) is 11.4. The number of sulfonamides is 1. The highest BCUT2D eigenvalue weighted by molar-refractivity contribution is 7.91. The molecule has 3 N–H and O–H groups in total. The highest BCUT2D eigenvalue weighted by Gasteiger charge is 2.38. The Morgan fingerprint density at radius 3 is 2.74 bits per heavy atom. The van der Waals surface area contributed by atoms with E-state index in [0.29, 0.717) is 4.21 Å². The number of thiophene rings is 1. The van der Waals surface area contributed by atoms with E-state index >= 15 is 0 Å². The Bertz CT molecular complexity index is 576. The van der Waals surface area contributed by atoms with Crippen LogP contribution in [0.1, 0.15) is 24.1 Å². The van der Waals surface area contributed by atoms with Gasteiger partial charge in [-0.05, 0) is 31.9 Å². The van der Waals surface area contributed by atoms with Crippen molar-refractivity contribution in [2.75, 3.05) is 6.54 Å². The molecule has 1 fully saturated rings. The largest absolute Gasteiger partial charge is 0.409 e. The second-order valence-corrected chi connectivity index (χ2v) is 7.96. The smallest absolute Gasteiger partial charge is 0.252 e. The number of nitrogens with two attached hydrogens (primary N) is 1. The molecule has 19 heavy (non-hydrogen) atoms. The summed E-state index contributed by atoms with van der Waals surface area (Å²) in [4.78, 5) is 0.964. The summed E-state index contributed by atoms with van der Waals surface area (Å²) in [6.07, 6.45) is 1.98. The van der Waals surface area contributed by atoms with E-state index < -0.39 is 10.0 Å². The van der Waals surface area contributed by atoms with Gasteiger partial charge in [-0.25, -0.2) is 8.42 Å². The van der Waals surface area contributed by atoms with Gasteiger partial charge in [0.1, 0.15) is 10.0 Å². The number of nitrogens with zero attached hydrogens (tertiary/aromatic N) is 2. The summed E-state index contributed by atoms with van der Waals surface area (Å²) in [5.41, 5.74) is 5.41. The van der Waals surface area contributed by atoms with Crippen LogP contribution >= 0.6 is 11.3 Å². The average molecular weight is 303 g/mol. The zero-order valence-electron chi connectivity index (χ0n) is 10.6. The van der Waals surface area contributed by atoms with Gasteiger partial charge in [0.15, 0.2) is 0 Å². The fourth-order valence-electron chi connectivity index (χ4n) is 1.80. The molecule has 1 aliphatic carbocycles. The van der Waals surface area contributed by atoms with E-state index in [1.165, 1.54) is 15.6 Å². The third kappa shape index (κ3) is 3.26. The molecule has 6 nitrogen and oxygen atoms in total. The lowest BCUT2D eigenvalue weighted by Crippen LogP contribution is -2.35. The van der Waals surface area contributed by atoms with Gasteiger partial charge in [-0.2, -0.15) is 4.31 Å². The van der Waals surface area contributed by atoms with Crippen LogP contribution in [0.2, 0.25) is 0 Å². The van der Waals surface area contributed by atoms with E-state index in [4.69, 9.17) is 10.9 Å². The summed E-state index contributed by atoms with van der Waals surface area (Å²) < 4.78 is 26.9. The molecule has 1 aromatic rings. The van der Waals surface area contributed by atoms with Crippen LogP contribution < -0.4 is 5.73 Å². The van der Waals surface area contributed by atoms with Gasteiger partial charge in [-0.1, -0.05) is 5.16 Å². The third-order valence-electron chi connectivity index (χ3n) is 2.95. The molecule has 1 aliphatic rings. The summed E-state index contributed by atoms with van der Waals surface area (Å²) in [5.74, 6) is 0.0446. The Morgan fingerprint density at radius 2 is 2.26 bits per heavy atom. The summed E-state index contributed by atoms with van der Waals surface area (Å²) in [6.45, 7) is 2.13. The minimum atomic E-state index is -3.46. The summed E-state index contributed by atoms with van der Waals surface area (Å²) >= 11 is 1.27. The molecule has 2 rings (SSSR count). The van der Waals surface area contributed by atoms with E-state index in [9.17, 15) is 8.42 Å². The van der Waals surface area contributed by atoms with Crippen LogP contribution in [0.15, 0.2) is 21.5 Å². The first-order valence-corrected chi connectivity index (χ1v) is 8.25. The fourth-order valence-corrected chi connectivity index (χ4v) is 4.90. The van der Waals surface area contributed by atoms with Crippen molar-refractivity contribution in [1.29, 1.82) is 0 Å². The predicted octanol–water partition coefficient (Wildman–Crippen LogP) is 1.35. The van der Waals surface area contributed by atoms with Crippen molar-refractivity contribution in [2.24, 2.45) is 10.9 Å². The van der Waals surface area contributed by atoms with Crippen molar-refractivity contribution in [3.05, 3.63) is 17.0 Å². The number of hydrogen-bond acceptors (Lipinski definition) is 5. The SMILES string of the molecule is Cc1ccc(S(=O)(=O)N(CC/C(N)=N/O)C2CC2)s1. The predicted molar refractivity (Wildman–Crippen MR) is 74.0 cm³/mol. The Balaban J connectivity index is 2.18. The molecule has 0 atom stereocenters. The van der Waals surface area contributed by atoms with Crippen molar-refractivity contribution < 1.29 is 13.6 Å². The van der Waals surface area contributed by atoms with Crippen LogP contribution in [0.5, 0.6) is 0 Å². The minimum Gasteiger partial charge on any atom is -0.409 e. The molecule has 1 aromatic heterocycles. The van der Waals surface area contributed by atoms with Crippen LogP contribution in [-0.2, 0) is 10.0 Å². The fraction of sp³-hybridized carbons (Fsp3) is 0.545. The van der Waals surface area contributed by atoms with Crippen molar-refractivity contribution in [3.63, 3.8) is 0 Å². The molecule has 0 bridgehead atoms. The Morgan fingerprint density at radius 1 is 1.58 bits per heavy atom. The van der Waals surface area contributed by atoms with Gasteiger partial charge in [0.25, 0.3) is 10.0 Å². The molecular weight excluding hydrogens is 286 g/mol. The number of amidine groups is 1. The van der Waals surface area contributed by atoms with Gasteiger partial charge in [0.05, 0.1) is 0 Å². The van der Waals surface area contributed by atoms with Gasteiger partial charge in [0.2, 0.25) is 0 Å². The first-order chi connectivity index (χ1) is 8.95. The van der Waals surface area contributed by atoms with Gasteiger partial charge >= 0.3 is 0 Å². The topological polar surface area (TPSA) is 96.0 Å². The maximum Gasteiger partial charge on any atom is 0.252 e. The second kappa shape index (κ2) is 5.48. The minimum absolute atomic E-state index is 0.0446. The highest BCUT2D eigenvalue weighted by atomic mass is 32.2. The molecule has 8 heteroatoms. The summed E-state index contributed by atoms with van der Waals surface area (Å²) in [6, 6.07) is 3.49. The Kier molecular flexibility index (Phi) is 4.12. The zero-order chi connectivity index (χ0) is 14.0. The Labute approximate surface area is 116 Å². The van der Waals surface area contributed by atoms with Gasteiger partial charge in [-0.15, -0.1) is 11.3 Å². The van der Waals surface area contributed by atoms with Gasteiger partial charge in [0, 0.05) is 23.9 Å². The molecule has 0 saturated heterocycles. The maximum atomic E-state index is 12.5. The zero-order valence-corrected chi connectivity index (χ0v) is 12.2. The second-order valence-electron chi connectivity index (χ2n) is 4.55. The molecule has 0 amide bonds. The van der Waals surface area contributed by atoms with E-state index in [-0.39, 0.29) is 24.8 Å². The standard InChI is InChI=1S/C11H17N3O3S2/c1-8-2-5-11(18-8)19(16,17)14(9-3-4-9)7-6-10(12)13-15/h2,5,9,15H,3-4,6-7H2,1H3,(H2,12,13). The van der Waals surface area contributed by atoms with Crippen LogP contribution in [0.3, 0.4) is 0 Å². The van der Waals surface area contributed by atoms with Crippen LogP contribution in [0.25, 0.3) is 0 Å². The quantitative estimate of drug-likeness (QED) is 0.359.